The van der Waals surface area contributed by atoms with Crippen molar-refractivity contribution in [3.8, 4) is 0 Å². The topological polar surface area (TPSA) is 47.1 Å². The first-order chi connectivity index (χ1) is 9.13. The summed E-state index contributed by atoms with van der Waals surface area (Å²) in [6, 6.07) is 8.60. The van der Waals surface area contributed by atoms with Gasteiger partial charge in [0.1, 0.15) is 5.82 Å². The molecule has 4 heteroatoms. The molecule has 1 aromatic carbocycles. The van der Waals surface area contributed by atoms with Crippen molar-refractivity contribution in [1.82, 2.24) is 9.78 Å². The molecule has 0 saturated carbocycles. The van der Waals surface area contributed by atoms with Crippen LogP contribution in [0.3, 0.4) is 0 Å². The SMILES string of the molecule is Cc1cc(N)n(Cc2ccc3c(c2)CCCN3C)n1. The number of aromatic nitrogens is 2. The molecule has 1 aliphatic heterocycles. The smallest absolute Gasteiger partial charge is 0.122 e. The number of nitrogens with two attached hydrogens (primary N) is 1. The third-order valence-corrected chi connectivity index (χ3v) is 3.76. The quantitative estimate of drug-likeness (QED) is 0.896. The van der Waals surface area contributed by atoms with E-state index in [0.29, 0.717) is 0 Å². The van der Waals surface area contributed by atoms with E-state index in [1.54, 1.807) is 0 Å². The second-order valence-corrected chi connectivity index (χ2v) is 5.36. The molecule has 0 unspecified atom stereocenters. The molecule has 0 bridgehead atoms. The zero-order chi connectivity index (χ0) is 13.4. The van der Waals surface area contributed by atoms with Gasteiger partial charge in [-0.05, 0) is 37.0 Å². The molecule has 0 atom stereocenters. The molecule has 2 N–H and O–H groups in total. The van der Waals surface area contributed by atoms with Gasteiger partial charge >= 0.3 is 0 Å². The fraction of sp³-hybridized carbons (Fsp3) is 0.400. The molecule has 2 heterocycles. The first-order valence-corrected chi connectivity index (χ1v) is 6.76. The Bertz CT molecular complexity index is 600. The van der Waals surface area contributed by atoms with Crippen LogP contribution in [0.4, 0.5) is 11.5 Å². The van der Waals surface area contributed by atoms with Crippen LogP contribution >= 0.6 is 0 Å². The second kappa shape index (κ2) is 4.61. The van der Waals surface area contributed by atoms with Crippen LogP contribution in [0.25, 0.3) is 0 Å². The summed E-state index contributed by atoms with van der Waals surface area (Å²) in [5.41, 5.74) is 11.0. The van der Waals surface area contributed by atoms with E-state index in [-0.39, 0.29) is 0 Å². The molecule has 0 aliphatic carbocycles. The molecule has 0 fully saturated rings. The van der Waals surface area contributed by atoms with Gasteiger partial charge in [-0.15, -0.1) is 0 Å². The van der Waals surface area contributed by atoms with Gasteiger partial charge in [-0.25, -0.2) is 4.68 Å². The molecule has 0 spiro atoms. The van der Waals surface area contributed by atoms with Crippen molar-refractivity contribution in [2.45, 2.75) is 26.3 Å². The highest BCUT2D eigenvalue weighted by atomic mass is 15.3. The molecule has 0 radical (unpaired) electrons. The van der Waals surface area contributed by atoms with Crippen molar-refractivity contribution < 1.29 is 0 Å². The van der Waals surface area contributed by atoms with Gasteiger partial charge in [0.05, 0.1) is 12.2 Å². The molecule has 4 nitrogen and oxygen atoms in total. The molecule has 3 rings (SSSR count). The Kier molecular flexibility index (Phi) is 2.93. The molecular formula is C15H20N4. The number of fused-ring (bicyclic) bond motifs is 1. The van der Waals surface area contributed by atoms with Gasteiger partial charge in [-0.3, -0.25) is 0 Å². The van der Waals surface area contributed by atoms with Crippen molar-refractivity contribution in [3.63, 3.8) is 0 Å². The monoisotopic (exact) mass is 256 g/mol. The first kappa shape index (κ1) is 12.1. The van der Waals surface area contributed by atoms with Crippen molar-refractivity contribution in [2.24, 2.45) is 0 Å². The normalized spacial score (nSPS) is 14.5. The third-order valence-electron chi connectivity index (χ3n) is 3.76. The summed E-state index contributed by atoms with van der Waals surface area (Å²) in [7, 11) is 2.16. The summed E-state index contributed by atoms with van der Waals surface area (Å²) in [6.07, 6.45) is 2.40. The van der Waals surface area contributed by atoms with E-state index in [2.05, 4.69) is 35.2 Å². The number of benzene rings is 1. The minimum Gasteiger partial charge on any atom is -0.384 e. The molecular weight excluding hydrogens is 236 g/mol. The summed E-state index contributed by atoms with van der Waals surface area (Å²) in [5.74, 6) is 0.729. The van der Waals surface area contributed by atoms with E-state index in [4.69, 9.17) is 5.73 Å². The Morgan fingerprint density at radius 2 is 2.16 bits per heavy atom. The van der Waals surface area contributed by atoms with Crippen LogP contribution in [0.2, 0.25) is 0 Å². The van der Waals surface area contributed by atoms with Crippen molar-refractivity contribution in [1.29, 1.82) is 0 Å². The Labute approximate surface area is 113 Å². The van der Waals surface area contributed by atoms with Crippen LogP contribution in [-0.2, 0) is 13.0 Å². The molecule has 19 heavy (non-hydrogen) atoms. The lowest BCUT2D eigenvalue weighted by Crippen LogP contribution is -2.24. The minimum absolute atomic E-state index is 0.729. The van der Waals surface area contributed by atoms with E-state index in [1.807, 2.05) is 17.7 Å². The van der Waals surface area contributed by atoms with E-state index in [9.17, 15) is 0 Å². The Balaban J connectivity index is 1.88. The van der Waals surface area contributed by atoms with Crippen molar-refractivity contribution in [3.05, 3.63) is 41.1 Å². The first-order valence-electron chi connectivity index (χ1n) is 6.76. The highest BCUT2D eigenvalue weighted by molar-refractivity contribution is 5.56. The molecule has 100 valence electrons. The van der Waals surface area contributed by atoms with Crippen LogP contribution < -0.4 is 10.6 Å². The van der Waals surface area contributed by atoms with E-state index >= 15 is 0 Å². The minimum atomic E-state index is 0.729. The molecule has 1 aromatic heterocycles. The predicted octanol–water partition coefficient (Wildman–Crippen LogP) is 2.20. The maximum Gasteiger partial charge on any atom is 0.122 e. The highest BCUT2D eigenvalue weighted by Gasteiger charge is 2.14. The summed E-state index contributed by atoms with van der Waals surface area (Å²) in [4.78, 5) is 2.33. The van der Waals surface area contributed by atoms with Gasteiger partial charge in [0.2, 0.25) is 0 Å². The number of aryl methyl sites for hydroxylation is 2. The number of rotatable bonds is 2. The average Bonchev–Trinajstić information content (AvgIpc) is 2.68. The van der Waals surface area contributed by atoms with Gasteiger partial charge in [0.15, 0.2) is 0 Å². The van der Waals surface area contributed by atoms with E-state index < -0.39 is 0 Å². The van der Waals surface area contributed by atoms with E-state index in [0.717, 1.165) is 24.6 Å². The van der Waals surface area contributed by atoms with Gasteiger partial charge in [0, 0.05) is 25.3 Å². The zero-order valence-electron chi connectivity index (χ0n) is 11.6. The van der Waals surface area contributed by atoms with Crippen LogP contribution in [0.1, 0.15) is 23.2 Å². The van der Waals surface area contributed by atoms with Gasteiger partial charge in [-0.1, -0.05) is 12.1 Å². The highest BCUT2D eigenvalue weighted by Crippen LogP contribution is 2.27. The van der Waals surface area contributed by atoms with Crippen molar-refractivity contribution >= 4 is 11.5 Å². The molecule has 2 aromatic rings. The van der Waals surface area contributed by atoms with Crippen molar-refractivity contribution in [2.75, 3.05) is 24.2 Å². The number of hydrogen-bond donors (Lipinski definition) is 1. The van der Waals surface area contributed by atoms with E-state index in [1.165, 1.54) is 29.7 Å². The number of nitrogen functional groups attached to an aromatic ring is 1. The summed E-state index contributed by atoms with van der Waals surface area (Å²) < 4.78 is 1.86. The lowest BCUT2D eigenvalue weighted by Gasteiger charge is -2.27. The molecule has 1 aliphatic rings. The maximum absolute atomic E-state index is 5.94. The Hall–Kier alpha value is -1.97. The lowest BCUT2D eigenvalue weighted by atomic mass is 9.99. The largest absolute Gasteiger partial charge is 0.384 e. The maximum atomic E-state index is 5.94. The van der Waals surface area contributed by atoms with Crippen LogP contribution in [-0.4, -0.2) is 23.4 Å². The zero-order valence-corrected chi connectivity index (χ0v) is 11.6. The second-order valence-electron chi connectivity index (χ2n) is 5.36. The fourth-order valence-electron chi connectivity index (χ4n) is 2.80. The van der Waals surface area contributed by atoms with Gasteiger partial charge in [-0.2, -0.15) is 5.10 Å². The lowest BCUT2D eigenvalue weighted by molar-refractivity contribution is 0.685. The molecule has 0 amide bonds. The Morgan fingerprint density at radius 1 is 1.32 bits per heavy atom. The van der Waals surface area contributed by atoms with Gasteiger partial charge in [0.25, 0.3) is 0 Å². The van der Waals surface area contributed by atoms with Crippen LogP contribution in [0.15, 0.2) is 24.3 Å². The molecule has 0 saturated heterocycles. The van der Waals surface area contributed by atoms with Crippen LogP contribution in [0, 0.1) is 6.92 Å². The third kappa shape index (κ3) is 2.30. The average molecular weight is 256 g/mol. The summed E-state index contributed by atoms with van der Waals surface area (Å²) in [6.45, 7) is 3.86. The summed E-state index contributed by atoms with van der Waals surface area (Å²) >= 11 is 0. The van der Waals surface area contributed by atoms with Gasteiger partial charge < -0.3 is 10.6 Å². The predicted molar refractivity (Wildman–Crippen MR) is 78.5 cm³/mol. The number of anilines is 2. The summed E-state index contributed by atoms with van der Waals surface area (Å²) in [5, 5.41) is 4.41. The number of nitrogens with zero attached hydrogens (tertiary/aromatic N) is 3. The number of hydrogen-bond acceptors (Lipinski definition) is 3. The van der Waals surface area contributed by atoms with Crippen LogP contribution in [0.5, 0.6) is 0 Å². The fourth-order valence-corrected chi connectivity index (χ4v) is 2.80. The standard InChI is InChI=1S/C15H20N4/c1-11-8-15(16)19(17-11)10-12-5-6-14-13(9-12)4-3-7-18(14)2/h5-6,8-9H,3-4,7,10,16H2,1-2H3. The Morgan fingerprint density at radius 3 is 2.89 bits per heavy atom.